The largest absolute Gasteiger partial charge is 0.302 e. The van der Waals surface area contributed by atoms with Gasteiger partial charge in [0.1, 0.15) is 11.1 Å². The number of aryl methyl sites for hydroxylation is 1. The average Bonchev–Trinajstić information content (AvgIpc) is 2.98. The molecule has 1 aromatic heterocycles. The van der Waals surface area contributed by atoms with Gasteiger partial charge in [-0.2, -0.15) is 5.26 Å². The van der Waals surface area contributed by atoms with Gasteiger partial charge in [-0.15, -0.1) is 11.3 Å². The van der Waals surface area contributed by atoms with Gasteiger partial charge >= 0.3 is 0 Å². The predicted octanol–water partition coefficient (Wildman–Crippen LogP) is 3.25. The van der Waals surface area contributed by atoms with Gasteiger partial charge in [-0.05, 0) is 37.2 Å². The Balaban J connectivity index is 1.99. The number of nitriles is 1. The maximum atomic E-state index is 12.1. The fourth-order valence-electron chi connectivity index (χ4n) is 2.94. The number of carbonyl (C=O) groups excluding carboxylic acids is 1. The number of carbonyl (C=O) groups is 1. The summed E-state index contributed by atoms with van der Waals surface area (Å²) >= 11 is 5.12. The molecule has 1 atom stereocenters. The van der Waals surface area contributed by atoms with Gasteiger partial charge in [-0.3, -0.25) is 4.79 Å². The molecule has 1 unspecified atom stereocenters. The van der Waals surface area contributed by atoms with Crippen LogP contribution in [0, 0.1) is 17.2 Å². The number of thiophene rings is 1. The van der Waals surface area contributed by atoms with Crippen LogP contribution in [0.15, 0.2) is 0 Å². The highest BCUT2D eigenvalue weighted by Gasteiger charge is 2.34. The summed E-state index contributed by atoms with van der Waals surface area (Å²) < 4.78 is 0. The average molecular weight is 339 g/mol. The minimum atomic E-state index is 0.166. The monoisotopic (exact) mass is 338 g/mol. The molecule has 5 heteroatoms. The number of halogens is 1. The zero-order valence-electron chi connectivity index (χ0n) is 10.6. The number of fused-ring (bicyclic) bond motifs is 1. The summed E-state index contributed by atoms with van der Waals surface area (Å²) in [6.45, 7) is 0.748. The van der Waals surface area contributed by atoms with Crippen LogP contribution in [0.5, 0.6) is 0 Å². The second-order valence-electron chi connectivity index (χ2n) is 5.23. The van der Waals surface area contributed by atoms with E-state index >= 15 is 0 Å². The van der Waals surface area contributed by atoms with Crippen molar-refractivity contribution in [2.24, 2.45) is 5.92 Å². The van der Waals surface area contributed by atoms with Gasteiger partial charge in [-0.1, -0.05) is 15.9 Å². The summed E-state index contributed by atoms with van der Waals surface area (Å²) in [5.41, 5.74) is 1.98. The molecule has 1 aromatic rings. The van der Waals surface area contributed by atoms with E-state index in [1.165, 1.54) is 16.9 Å². The molecule has 1 aliphatic heterocycles. The van der Waals surface area contributed by atoms with E-state index in [2.05, 4.69) is 22.0 Å². The number of hydrogen-bond acceptors (Lipinski definition) is 3. The maximum Gasteiger partial charge on any atom is 0.228 e. The lowest BCUT2D eigenvalue weighted by Gasteiger charge is -2.14. The van der Waals surface area contributed by atoms with Crippen LogP contribution < -0.4 is 4.90 Å². The molecule has 2 aliphatic rings. The third-order valence-electron chi connectivity index (χ3n) is 3.93. The van der Waals surface area contributed by atoms with Crippen LogP contribution in [-0.2, 0) is 17.6 Å². The highest BCUT2D eigenvalue weighted by molar-refractivity contribution is 9.09. The molecule has 19 heavy (non-hydrogen) atoms. The first-order chi connectivity index (χ1) is 9.24. The standard InChI is InChI=1S/C14H15BrN2OS/c15-6-9-5-13(18)17(8-9)14-11(7-16)10-3-1-2-4-12(10)19-14/h9H,1-6,8H2. The lowest BCUT2D eigenvalue weighted by molar-refractivity contribution is -0.117. The minimum absolute atomic E-state index is 0.166. The SMILES string of the molecule is N#Cc1c(N2CC(CBr)CC2=O)sc2c1CCCC2. The quantitative estimate of drug-likeness (QED) is 0.777. The van der Waals surface area contributed by atoms with E-state index in [-0.39, 0.29) is 5.91 Å². The first-order valence-electron chi connectivity index (χ1n) is 6.65. The molecule has 0 saturated carbocycles. The van der Waals surface area contributed by atoms with E-state index in [0.717, 1.165) is 41.7 Å². The van der Waals surface area contributed by atoms with Crippen molar-refractivity contribution in [3.63, 3.8) is 0 Å². The molecule has 1 amide bonds. The fraction of sp³-hybridized carbons (Fsp3) is 0.571. The lowest BCUT2D eigenvalue weighted by Crippen LogP contribution is -2.24. The Bertz CT molecular complexity index is 561. The Morgan fingerprint density at radius 2 is 2.21 bits per heavy atom. The molecule has 0 aromatic carbocycles. The second kappa shape index (κ2) is 5.26. The molecule has 0 spiro atoms. The van der Waals surface area contributed by atoms with Crippen molar-refractivity contribution in [3.8, 4) is 6.07 Å². The van der Waals surface area contributed by atoms with Crippen molar-refractivity contribution in [1.82, 2.24) is 0 Å². The van der Waals surface area contributed by atoms with Crippen molar-refractivity contribution in [2.75, 3.05) is 16.8 Å². The smallest absolute Gasteiger partial charge is 0.228 e. The van der Waals surface area contributed by atoms with E-state index in [4.69, 9.17) is 0 Å². The Kier molecular flexibility index (Phi) is 3.64. The van der Waals surface area contributed by atoms with Gasteiger partial charge in [0, 0.05) is 23.2 Å². The summed E-state index contributed by atoms with van der Waals surface area (Å²) in [6.07, 6.45) is 5.03. The number of alkyl halides is 1. The van der Waals surface area contributed by atoms with Crippen LogP contribution in [0.25, 0.3) is 0 Å². The Hall–Kier alpha value is -0.860. The molecule has 1 saturated heterocycles. The summed E-state index contributed by atoms with van der Waals surface area (Å²) in [4.78, 5) is 15.3. The van der Waals surface area contributed by atoms with Crippen molar-refractivity contribution in [3.05, 3.63) is 16.0 Å². The van der Waals surface area contributed by atoms with Crippen molar-refractivity contribution >= 4 is 38.2 Å². The summed E-state index contributed by atoms with van der Waals surface area (Å²) in [5, 5.41) is 11.2. The van der Waals surface area contributed by atoms with E-state index < -0.39 is 0 Å². The Labute approximate surface area is 125 Å². The van der Waals surface area contributed by atoms with Gasteiger partial charge < -0.3 is 4.90 Å². The van der Waals surface area contributed by atoms with Crippen LogP contribution in [0.3, 0.4) is 0 Å². The number of rotatable bonds is 2. The zero-order chi connectivity index (χ0) is 13.4. The van der Waals surface area contributed by atoms with E-state index in [9.17, 15) is 10.1 Å². The zero-order valence-corrected chi connectivity index (χ0v) is 13.0. The molecule has 0 radical (unpaired) electrons. The van der Waals surface area contributed by atoms with Gasteiger partial charge in [-0.25, -0.2) is 0 Å². The number of nitrogens with zero attached hydrogens (tertiary/aromatic N) is 2. The third kappa shape index (κ3) is 2.21. The summed E-state index contributed by atoms with van der Waals surface area (Å²) in [6, 6.07) is 2.34. The Morgan fingerprint density at radius 3 is 2.89 bits per heavy atom. The van der Waals surface area contributed by atoms with Crippen molar-refractivity contribution in [2.45, 2.75) is 32.1 Å². The van der Waals surface area contributed by atoms with E-state index in [0.29, 0.717) is 12.3 Å². The van der Waals surface area contributed by atoms with Gasteiger partial charge in [0.05, 0.1) is 5.56 Å². The Morgan fingerprint density at radius 1 is 1.42 bits per heavy atom. The maximum absolute atomic E-state index is 12.1. The number of amides is 1. The molecule has 2 heterocycles. The molecule has 100 valence electrons. The van der Waals surface area contributed by atoms with Crippen LogP contribution >= 0.6 is 27.3 Å². The van der Waals surface area contributed by atoms with E-state index in [1.807, 2.05) is 4.90 Å². The summed E-state index contributed by atoms with van der Waals surface area (Å²) in [7, 11) is 0. The van der Waals surface area contributed by atoms with Crippen molar-refractivity contribution < 1.29 is 4.79 Å². The minimum Gasteiger partial charge on any atom is -0.302 e. The van der Waals surface area contributed by atoms with Gasteiger partial charge in [0.2, 0.25) is 5.91 Å². The second-order valence-corrected chi connectivity index (χ2v) is 6.96. The van der Waals surface area contributed by atoms with Gasteiger partial charge in [0.15, 0.2) is 0 Å². The highest BCUT2D eigenvalue weighted by Crippen LogP contribution is 2.41. The molecule has 3 nitrogen and oxygen atoms in total. The summed E-state index contributed by atoms with van der Waals surface area (Å²) in [5.74, 6) is 0.540. The topological polar surface area (TPSA) is 44.1 Å². The van der Waals surface area contributed by atoms with Crippen LogP contribution in [0.4, 0.5) is 5.00 Å². The molecule has 0 N–H and O–H groups in total. The van der Waals surface area contributed by atoms with Crippen LogP contribution in [0.1, 0.15) is 35.3 Å². The molecular weight excluding hydrogens is 324 g/mol. The normalized spacial score (nSPS) is 22.4. The predicted molar refractivity (Wildman–Crippen MR) is 79.9 cm³/mol. The van der Waals surface area contributed by atoms with Gasteiger partial charge in [0.25, 0.3) is 0 Å². The fourth-order valence-corrected chi connectivity index (χ4v) is 4.74. The lowest BCUT2D eigenvalue weighted by atomic mass is 9.96. The third-order valence-corrected chi connectivity index (χ3v) is 6.16. The first-order valence-corrected chi connectivity index (χ1v) is 8.59. The van der Waals surface area contributed by atoms with E-state index in [1.54, 1.807) is 11.3 Å². The first kappa shape index (κ1) is 13.1. The molecule has 1 fully saturated rings. The molecule has 1 aliphatic carbocycles. The van der Waals surface area contributed by atoms with Crippen LogP contribution in [0.2, 0.25) is 0 Å². The van der Waals surface area contributed by atoms with Crippen molar-refractivity contribution in [1.29, 1.82) is 5.26 Å². The molecule has 3 rings (SSSR count). The van der Waals surface area contributed by atoms with Crippen LogP contribution in [-0.4, -0.2) is 17.8 Å². The number of hydrogen-bond donors (Lipinski definition) is 0. The highest BCUT2D eigenvalue weighted by atomic mass is 79.9. The molecular formula is C14H15BrN2OS. The molecule has 0 bridgehead atoms. The number of anilines is 1.